The van der Waals surface area contributed by atoms with Crippen LogP contribution in [0.3, 0.4) is 0 Å². The molecule has 3 heteroatoms. The second-order valence-corrected chi connectivity index (χ2v) is 2.34. The van der Waals surface area contributed by atoms with Crippen LogP contribution in [0.15, 0.2) is 17.3 Å². The first-order valence-electron chi connectivity index (χ1n) is 3.17. The topological polar surface area (TPSA) is 47.6 Å². The average molecular weight is 142 g/mol. The predicted octanol–water partition coefficient (Wildman–Crippen LogP) is 1.12. The number of rotatable bonds is 4. The van der Waals surface area contributed by atoms with Crippen molar-refractivity contribution in [2.45, 2.75) is 13.8 Å². The Kier molecular flexibility index (Phi) is 4.37. The maximum absolute atomic E-state index is 4.93. The van der Waals surface area contributed by atoms with Crippen molar-refractivity contribution in [2.75, 3.05) is 6.61 Å². The maximum Gasteiger partial charge on any atom is 0.192 e. The minimum absolute atomic E-state index is 0.359. The lowest BCUT2D eigenvalue weighted by molar-refractivity contribution is 0.279. The molecule has 0 spiro atoms. The molecule has 0 aliphatic carbocycles. The Hall–Kier alpha value is -0.990. The molecule has 0 aliphatic heterocycles. The molecule has 0 aromatic rings. The third-order valence-corrected chi connectivity index (χ3v) is 1.32. The van der Waals surface area contributed by atoms with Crippen molar-refractivity contribution in [1.29, 1.82) is 0 Å². The highest BCUT2D eigenvalue weighted by molar-refractivity contribution is 5.45. The molecule has 0 rings (SSSR count). The van der Waals surface area contributed by atoms with Crippen LogP contribution in [-0.4, -0.2) is 13.0 Å². The largest absolute Gasteiger partial charge is 0.481 e. The summed E-state index contributed by atoms with van der Waals surface area (Å²) in [6.45, 7) is 8.37. The van der Waals surface area contributed by atoms with Gasteiger partial charge >= 0.3 is 0 Å². The van der Waals surface area contributed by atoms with Gasteiger partial charge in [0.15, 0.2) is 6.40 Å². The Balaban J connectivity index is 3.39. The summed E-state index contributed by atoms with van der Waals surface area (Å²) in [4.78, 5) is 0. The molecule has 0 saturated carbocycles. The lowest BCUT2D eigenvalue weighted by Gasteiger charge is -2.08. The van der Waals surface area contributed by atoms with Crippen molar-refractivity contribution in [2.24, 2.45) is 16.9 Å². The molecule has 0 aromatic heterocycles. The molecule has 1 atom stereocenters. The minimum Gasteiger partial charge on any atom is -0.481 e. The third kappa shape index (κ3) is 3.95. The molecular weight excluding hydrogens is 128 g/mol. The van der Waals surface area contributed by atoms with Crippen molar-refractivity contribution in [3.63, 3.8) is 0 Å². The first-order chi connectivity index (χ1) is 4.68. The summed E-state index contributed by atoms with van der Waals surface area (Å²) in [7, 11) is 0. The first-order valence-corrected chi connectivity index (χ1v) is 3.17. The van der Waals surface area contributed by atoms with Crippen LogP contribution in [0.5, 0.6) is 0 Å². The van der Waals surface area contributed by atoms with Gasteiger partial charge in [-0.15, -0.1) is 0 Å². The van der Waals surface area contributed by atoms with Crippen LogP contribution in [-0.2, 0) is 4.74 Å². The Bertz CT molecular complexity index is 132. The molecule has 58 valence electrons. The van der Waals surface area contributed by atoms with Crippen molar-refractivity contribution >= 4 is 6.40 Å². The quantitative estimate of drug-likeness (QED) is 0.210. The molecule has 0 heterocycles. The van der Waals surface area contributed by atoms with E-state index in [0.717, 1.165) is 5.57 Å². The summed E-state index contributed by atoms with van der Waals surface area (Å²) in [5.41, 5.74) is 1.10. The summed E-state index contributed by atoms with van der Waals surface area (Å²) in [6, 6.07) is 0. The molecule has 0 aromatic carbocycles. The first kappa shape index (κ1) is 9.01. The van der Waals surface area contributed by atoms with Crippen LogP contribution >= 0.6 is 0 Å². The summed E-state index contributed by atoms with van der Waals surface area (Å²) < 4.78 is 4.93. The van der Waals surface area contributed by atoms with Gasteiger partial charge in [0.2, 0.25) is 0 Å². The van der Waals surface area contributed by atoms with Crippen LogP contribution < -0.4 is 5.84 Å². The standard InChI is InChI=1S/C7H14N2O/c1-6(2)7(3)4-10-5-9-8/h5,7H,1,4,8H2,2-3H3/b9-5-. The van der Waals surface area contributed by atoms with E-state index in [4.69, 9.17) is 10.6 Å². The summed E-state index contributed by atoms with van der Waals surface area (Å²) in [5, 5.41) is 3.19. The molecule has 0 aliphatic rings. The average Bonchev–Trinajstić information content (AvgIpc) is 1.88. The number of hydrazone groups is 1. The molecular formula is C7H14N2O. The molecule has 2 N–H and O–H groups in total. The van der Waals surface area contributed by atoms with Crippen LogP contribution in [0.25, 0.3) is 0 Å². The molecule has 3 nitrogen and oxygen atoms in total. The zero-order valence-electron chi connectivity index (χ0n) is 6.50. The molecule has 1 unspecified atom stereocenters. The van der Waals surface area contributed by atoms with Gasteiger partial charge in [-0.3, -0.25) is 0 Å². The second-order valence-electron chi connectivity index (χ2n) is 2.34. The number of nitrogens with zero attached hydrogens (tertiary/aromatic N) is 1. The van der Waals surface area contributed by atoms with E-state index in [0.29, 0.717) is 12.5 Å². The Labute approximate surface area is 61.6 Å². The van der Waals surface area contributed by atoms with Gasteiger partial charge in [0.1, 0.15) is 0 Å². The van der Waals surface area contributed by atoms with Gasteiger partial charge in [-0.05, 0) is 6.92 Å². The lowest BCUT2D eigenvalue weighted by Crippen LogP contribution is -2.05. The summed E-state index contributed by atoms with van der Waals surface area (Å²) >= 11 is 0. The van der Waals surface area contributed by atoms with E-state index in [-0.39, 0.29) is 0 Å². The van der Waals surface area contributed by atoms with Crippen molar-refractivity contribution in [3.8, 4) is 0 Å². The Morgan fingerprint density at radius 1 is 1.90 bits per heavy atom. The van der Waals surface area contributed by atoms with E-state index in [2.05, 4.69) is 11.7 Å². The van der Waals surface area contributed by atoms with Crippen LogP contribution in [0.1, 0.15) is 13.8 Å². The number of ether oxygens (including phenoxy) is 1. The Morgan fingerprint density at radius 3 is 2.90 bits per heavy atom. The maximum atomic E-state index is 4.93. The number of nitrogens with two attached hydrogens (primary N) is 1. The van der Waals surface area contributed by atoms with Gasteiger partial charge in [0.25, 0.3) is 0 Å². The van der Waals surface area contributed by atoms with E-state index in [9.17, 15) is 0 Å². The molecule has 10 heavy (non-hydrogen) atoms. The highest BCUT2D eigenvalue weighted by Crippen LogP contribution is 2.05. The lowest BCUT2D eigenvalue weighted by atomic mass is 10.1. The van der Waals surface area contributed by atoms with Gasteiger partial charge < -0.3 is 10.6 Å². The fraction of sp³-hybridized carbons (Fsp3) is 0.571. The van der Waals surface area contributed by atoms with E-state index < -0.39 is 0 Å². The molecule has 0 fully saturated rings. The normalized spacial score (nSPS) is 13.4. The predicted molar refractivity (Wildman–Crippen MR) is 42.6 cm³/mol. The van der Waals surface area contributed by atoms with Crippen LogP contribution in [0, 0.1) is 5.92 Å². The van der Waals surface area contributed by atoms with Crippen LogP contribution in [0.4, 0.5) is 0 Å². The molecule has 0 saturated heterocycles. The van der Waals surface area contributed by atoms with Gasteiger partial charge in [-0.2, -0.15) is 5.10 Å². The van der Waals surface area contributed by atoms with E-state index in [1.54, 1.807) is 0 Å². The molecule has 0 bridgehead atoms. The number of hydrogen-bond acceptors (Lipinski definition) is 3. The molecule has 0 amide bonds. The zero-order valence-corrected chi connectivity index (χ0v) is 6.50. The summed E-state index contributed by atoms with van der Waals surface area (Å²) in [6.07, 6.45) is 1.24. The van der Waals surface area contributed by atoms with E-state index in [1.807, 2.05) is 13.8 Å². The van der Waals surface area contributed by atoms with E-state index in [1.165, 1.54) is 6.40 Å². The van der Waals surface area contributed by atoms with Gasteiger partial charge in [-0.1, -0.05) is 19.1 Å². The minimum atomic E-state index is 0.359. The zero-order chi connectivity index (χ0) is 7.98. The third-order valence-electron chi connectivity index (χ3n) is 1.32. The smallest absolute Gasteiger partial charge is 0.192 e. The van der Waals surface area contributed by atoms with Gasteiger partial charge in [0.05, 0.1) is 6.61 Å². The fourth-order valence-corrected chi connectivity index (χ4v) is 0.373. The number of hydrogen-bond donors (Lipinski definition) is 1. The van der Waals surface area contributed by atoms with Gasteiger partial charge in [0, 0.05) is 5.92 Å². The van der Waals surface area contributed by atoms with Crippen molar-refractivity contribution < 1.29 is 4.74 Å². The highest BCUT2D eigenvalue weighted by atomic mass is 16.5. The van der Waals surface area contributed by atoms with Crippen LogP contribution in [0.2, 0.25) is 0 Å². The highest BCUT2D eigenvalue weighted by Gasteiger charge is 2.00. The van der Waals surface area contributed by atoms with Gasteiger partial charge in [-0.25, -0.2) is 0 Å². The molecule has 0 radical (unpaired) electrons. The summed E-state index contributed by atoms with van der Waals surface area (Å²) in [5.74, 6) is 5.17. The van der Waals surface area contributed by atoms with Crippen molar-refractivity contribution in [3.05, 3.63) is 12.2 Å². The SMILES string of the molecule is C=C(C)C(C)CO/C=N\N. The van der Waals surface area contributed by atoms with E-state index >= 15 is 0 Å². The monoisotopic (exact) mass is 142 g/mol. The van der Waals surface area contributed by atoms with Crippen molar-refractivity contribution in [1.82, 2.24) is 0 Å². The second kappa shape index (κ2) is 4.85. The fourth-order valence-electron chi connectivity index (χ4n) is 0.373. The Morgan fingerprint density at radius 2 is 2.50 bits per heavy atom.